The van der Waals surface area contributed by atoms with Crippen LogP contribution >= 0.6 is 0 Å². The maximum absolute atomic E-state index is 12.3. The Morgan fingerprint density at radius 1 is 1.36 bits per heavy atom. The molecule has 0 aliphatic heterocycles. The number of pyridine rings is 1. The van der Waals surface area contributed by atoms with Gasteiger partial charge in [0.2, 0.25) is 5.91 Å². The van der Waals surface area contributed by atoms with Gasteiger partial charge < -0.3 is 10.6 Å². The van der Waals surface area contributed by atoms with Crippen molar-refractivity contribution in [3.8, 4) is 0 Å². The van der Waals surface area contributed by atoms with Crippen molar-refractivity contribution in [1.29, 1.82) is 0 Å². The smallest absolute Gasteiger partial charge is 0.231 e. The van der Waals surface area contributed by atoms with Gasteiger partial charge in [-0.3, -0.25) is 4.79 Å². The number of hydrogen-bond acceptors (Lipinski definition) is 3. The number of nitrogens with zero attached hydrogens (tertiary/aromatic N) is 1. The molecule has 1 aromatic rings. The second-order valence-corrected chi connectivity index (χ2v) is 7.05. The molecule has 0 bridgehead atoms. The zero-order chi connectivity index (χ0) is 16.2. The van der Waals surface area contributed by atoms with E-state index in [0.717, 1.165) is 13.0 Å². The topological polar surface area (TPSA) is 54.0 Å². The predicted molar refractivity (Wildman–Crippen MR) is 90.8 cm³/mol. The van der Waals surface area contributed by atoms with Crippen molar-refractivity contribution in [2.24, 2.45) is 5.41 Å². The minimum atomic E-state index is -0.366. The van der Waals surface area contributed by atoms with E-state index in [1.807, 2.05) is 33.0 Å². The normalized spacial score (nSPS) is 16.0. The highest BCUT2D eigenvalue weighted by atomic mass is 16.2. The fourth-order valence-electron chi connectivity index (χ4n) is 2.65. The van der Waals surface area contributed by atoms with Gasteiger partial charge in [-0.05, 0) is 43.4 Å². The van der Waals surface area contributed by atoms with Crippen molar-refractivity contribution >= 4 is 11.7 Å². The number of aryl methyl sites for hydroxylation is 1. The lowest BCUT2D eigenvalue weighted by molar-refractivity contribution is -0.124. The molecule has 2 N–H and O–H groups in total. The summed E-state index contributed by atoms with van der Waals surface area (Å²) < 4.78 is 0. The minimum Gasteiger partial charge on any atom is -0.310 e. The fraction of sp³-hybridized carbons (Fsp3) is 0.667. The van der Waals surface area contributed by atoms with E-state index in [1.54, 1.807) is 0 Å². The van der Waals surface area contributed by atoms with Crippen molar-refractivity contribution in [3.63, 3.8) is 0 Å². The van der Waals surface area contributed by atoms with E-state index >= 15 is 0 Å². The highest BCUT2D eigenvalue weighted by Gasteiger charge is 2.25. The Bertz CT molecular complexity index is 519. The number of nitrogens with one attached hydrogen (secondary N) is 2. The third-order valence-electron chi connectivity index (χ3n) is 4.89. The Labute approximate surface area is 134 Å². The lowest BCUT2D eigenvalue weighted by atomic mass is 9.89. The number of aromatic nitrogens is 1. The van der Waals surface area contributed by atoms with Gasteiger partial charge in [0.05, 0.1) is 0 Å². The summed E-state index contributed by atoms with van der Waals surface area (Å²) in [5.74, 6) is 0.682. The molecule has 1 aromatic heterocycles. The second-order valence-electron chi connectivity index (χ2n) is 7.05. The summed E-state index contributed by atoms with van der Waals surface area (Å²) >= 11 is 0. The Balaban J connectivity index is 2.01. The van der Waals surface area contributed by atoms with Crippen LogP contribution in [-0.2, 0) is 11.3 Å². The van der Waals surface area contributed by atoms with Crippen LogP contribution in [0.2, 0.25) is 0 Å². The Morgan fingerprint density at radius 3 is 2.68 bits per heavy atom. The summed E-state index contributed by atoms with van der Waals surface area (Å²) in [5, 5.41) is 6.57. The molecule has 1 amide bonds. The molecule has 0 spiro atoms. The van der Waals surface area contributed by atoms with Gasteiger partial charge in [-0.25, -0.2) is 4.98 Å². The fourth-order valence-corrected chi connectivity index (χ4v) is 2.65. The molecule has 1 fully saturated rings. The van der Waals surface area contributed by atoms with E-state index in [1.165, 1.54) is 36.8 Å². The molecule has 0 saturated heterocycles. The number of carbonyl (C=O) groups excluding carboxylic acids is 1. The Morgan fingerprint density at radius 2 is 2.05 bits per heavy atom. The molecule has 0 aromatic carbocycles. The first-order valence-corrected chi connectivity index (χ1v) is 8.42. The third kappa shape index (κ3) is 4.29. The van der Waals surface area contributed by atoms with Crippen LogP contribution in [0.1, 0.15) is 64.0 Å². The van der Waals surface area contributed by atoms with E-state index in [9.17, 15) is 4.79 Å². The summed E-state index contributed by atoms with van der Waals surface area (Å²) in [6, 6.07) is 2.64. The molecule has 0 radical (unpaired) electrons. The number of amides is 1. The summed E-state index contributed by atoms with van der Waals surface area (Å²) in [4.78, 5) is 16.6. The zero-order valence-electron chi connectivity index (χ0n) is 14.3. The zero-order valence-corrected chi connectivity index (χ0v) is 14.3. The van der Waals surface area contributed by atoms with Gasteiger partial charge >= 0.3 is 0 Å². The first-order valence-electron chi connectivity index (χ1n) is 8.42. The minimum absolute atomic E-state index is 0.0288. The van der Waals surface area contributed by atoms with Gasteiger partial charge in [0.15, 0.2) is 0 Å². The van der Waals surface area contributed by atoms with Crippen LogP contribution in [-0.4, -0.2) is 16.9 Å². The van der Waals surface area contributed by atoms with Crippen LogP contribution in [0.15, 0.2) is 12.3 Å². The summed E-state index contributed by atoms with van der Waals surface area (Å²) in [5.41, 5.74) is 2.01. The molecule has 0 unspecified atom stereocenters. The quantitative estimate of drug-likeness (QED) is 0.840. The summed E-state index contributed by atoms with van der Waals surface area (Å²) in [7, 11) is 0. The number of anilines is 1. The lowest BCUT2D eigenvalue weighted by Gasteiger charge is -2.21. The van der Waals surface area contributed by atoms with Crippen molar-refractivity contribution < 1.29 is 4.79 Å². The molecule has 1 aliphatic carbocycles. The standard InChI is InChI=1S/C18H29N3O/c1-5-18(3,4)17(22)21-16-10-14(13(2)11-20-16)12-19-15-8-6-7-9-15/h10-11,15,19H,5-9,12H2,1-4H3,(H,20,21,22). The summed E-state index contributed by atoms with van der Waals surface area (Å²) in [6.07, 6.45) is 7.87. The molecule has 0 atom stereocenters. The average molecular weight is 303 g/mol. The predicted octanol–water partition coefficient (Wildman–Crippen LogP) is 3.80. The van der Waals surface area contributed by atoms with Crippen LogP contribution in [0.25, 0.3) is 0 Å². The molecule has 1 aliphatic rings. The largest absolute Gasteiger partial charge is 0.310 e. The van der Waals surface area contributed by atoms with E-state index in [0.29, 0.717) is 11.9 Å². The van der Waals surface area contributed by atoms with Crippen molar-refractivity contribution in [3.05, 3.63) is 23.4 Å². The van der Waals surface area contributed by atoms with Gasteiger partial charge in [-0.15, -0.1) is 0 Å². The average Bonchev–Trinajstić information content (AvgIpc) is 3.01. The van der Waals surface area contributed by atoms with Crippen LogP contribution in [0, 0.1) is 12.3 Å². The molecule has 122 valence electrons. The maximum atomic E-state index is 12.3. The van der Waals surface area contributed by atoms with Crippen LogP contribution in [0.4, 0.5) is 5.82 Å². The maximum Gasteiger partial charge on any atom is 0.231 e. The highest BCUT2D eigenvalue weighted by molar-refractivity contribution is 5.94. The molecule has 4 heteroatoms. The van der Waals surface area contributed by atoms with E-state index < -0.39 is 0 Å². The molecule has 2 rings (SSSR count). The van der Waals surface area contributed by atoms with E-state index in [4.69, 9.17) is 0 Å². The summed E-state index contributed by atoms with van der Waals surface area (Å²) in [6.45, 7) is 8.86. The van der Waals surface area contributed by atoms with Crippen molar-refractivity contribution in [2.75, 3.05) is 5.32 Å². The van der Waals surface area contributed by atoms with Gasteiger partial charge in [-0.1, -0.05) is 33.6 Å². The van der Waals surface area contributed by atoms with Crippen LogP contribution in [0.3, 0.4) is 0 Å². The Kier molecular flexibility index (Phi) is 5.57. The van der Waals surface area contributed by atoms with Crippen LogP contribution < -0.4 is 10.6 Å². The van der Waals surface area contributed by atoms with Crippen molar-refractivity contribution in [1.82, 2.24) is 10.3 Å². The van der Waals surface area contributed by atoms with E-state index in [2.05, 4.69) is 22.5 Å². The molecular weight excluding hydrogens is 274 g/mol. The molecular formula is C18H29N3O. The number of rotatable bonds is 6. The van der Waals surface area contributed by atoms with Gasteiger partial charge in [0, 0.05) is 24.2 Å². The third-order valence-corrected chi connectivity index (χ3v) is 4.89. The van der Waals surface area contributed by atoms with Crippen LogP contribution in [0.5, 0.6) is 0 Å². The first kappa shape index (κ1) is 16.9. The first-order chi connectivity index (χ1) is 10.4. The van der Waals surface area contributed by atoms with Crippen molar-refractivity contribution in [2.45, 2.75) is 72.4 Å². The number of hydrogen-bond donors (Lipinski definition) is 2. The van der Waals surface area contributed by atoms with Gasteiger partial charge in [0.1, 0.15) is 5.82 Å². The Hall–Kier alpha value is -1.42. The monoisotopic (exact) mass is 303 g/mol. The molecule has 1 saturated carbocycles. The van der Waals surface area contributed by atoms with Gasteiger partial charge in [0.25, 0.3) is 0 Å². The number of carbonyl (C=O) groups is 1. The molecule has 22 heavy (non-hydrogen) atoms. The van der Waals surface area contributed by atoms with E-state index in [-0.39, 0.29) is 11.3 Å². The molecule has 4 nitrogen and oxygen atoms in total. The molecule has 1 heterocycles. The van der Waals surface area contributed by atoms with Gasteiger partial charge in [-0.2, -0.15) is 0 Å². The highest BCUT2D eigenvalue weighted by Crippen LogP contribution is 2.23. The second kappa shape index (κ2) is 7.23. The SMILES string of the molecule is CCC(C)(C)C(=O)Nc1cc(CNC2CCCC2)c(C)cn1. The lowest BCUT2D eigenvalue weighted by Crippen LogP contribution is -2.30.